The van der Waals surface area contributed by atoms with Crippen LogP contribution in [0.25, 0.3) is 11.1 Å². The summed E-state index contributed by atoms with van der Waals surface area (Å²) in [5.74, 6) is 3.55. The van der Waals surface area contributed by atoms with Gasteiger partial charge in [-0.15, -0.1) is 61.8 Å². The van der Waals surface area contributed by atoms with Crippen LogP contribution in [0.4, 0.5) is 114 Å². The Labute approximate surface area is 803 Å². The first-order valence-corrected chi connectivity index (χ1v) is 40.1. The van der Waals surface area contributed by atoms with E-state index in [1.165, 1.54) is 78.6 Å². The molecule has 14 nitrogen and oxygen atoms in total. The van der Waals surface area contributed by atoms with E-state index in [4.69, 9.17) is 9.97 Å². The van der Waals surface area contributed by atoms with E-state index >= 15 is 0 Å². The molecule has 3 aromatic heterocycles. The molecule has 5 aliphatic rings. The number of aromatic nitrogens is 4. The average molecular weight is 2520 g/mol. The molecule has 8 heterocycles. The predicted octanol–water partition coefficient (Wildman–Crippen LogP) is 26.5. The topological polar surface area (TPSA) is 84.0 Å². The van der Waals surface area contributed by atoms with E-state index < -0.39 is 0 Å². The molecule has 19 heteroatoms. The molecule has 0 bridgehead atoms. The minimum atomic E-state index is 0. The predicted molar refractivity (Wildman–Crippen MR) is 493 cm³/mol. The Balaban J connectivity index is 0.000000141. The molecule has 0 amide bonds. The smallest absolute Gasteiger partial charge is 0.146 e. The van der Waals surface area contributed by atoms with E-state index in [0.29, 0.717) is 0 Å². The minimum Gasteiger partial charge on any atom is -0.493 e. The summed E-state index contributed by atoms with van der Waals surface area (Å²) >= 11 is 0. The third-order valence-electron chi connectivity index (χ3n) is 21.3. The quantitative estimate of drug-likeness (QED) is 0.115. The first-order valence-electron chi connectivity index (χ1n) is 40.1. The molecule has 0 saturated carbocycles. The molecule has 5 radical (unpaired) electrons. The van der Waals surface area contributed by atoms with Crippen molar-refractivity contribution in [1.29, 1.82) is 0 Å². The van der Waals surface area contributed by atoms with Crippen molar-refractivity contribution in [3.63, 3.8) is 0 Å². The zero-order valence-corrected chi connectivity index (χ0v) is 82.1. The Kier molecular flexibility index (Phi) is 31.5. The van der Waals surface area contributed by atoms with Crippen LogP contribution in [0, 0.1) is 126 Å². The number of benzene rings is 13. The number of aryl methyl sites for hydroxylation is 9. The molecule has 125 heavy (non-hydrogen) atoms. The van der Waals surface area contributed by atoms with Crippen molar-refractivity contribution < 1.29 is 101 Å². The molecule has 0 fully saturated rings. The molecular weight excluding hydrogens is 2430 g/mol. The van der Waals surface area contributed by atoms with E-state index in [1.807, 2.05) is 153 Å². The maximum absolute atomic E-state index is 4.77. The summed E-state index contributed by atoms with van der Waals surface area (Å²) in [7, 11) is 0. The van der Waals surface area contributed by atoms with Crippen LogP contribution in [0.3, 0.4) is 0 Å². The second-order valence-corrected chi connectivity index (χ2v) is 29.8. The zero-order chi connectivity index (χ0) is 82.2. The number of hydrogen-bond acceptors (Lipinski definition) is 14. The summed E-state index contributed by atoms with van der Waals surface area (Å²) in [6.45, 7) is 29.4. The van der Waals surface area contributed by atoms with Crippen molar-refractivity contribution in [2.45, 2.75) is 62.3 Å². The second-order valence-electron chi connectivity index (χ2n) is 29.8. The summed E-state index contributed by atoms with van der Waals surface area (Å²) in [5.41, 5.74) is 30.7. The normalized spacial score (nSPS) is 12.7. The van der Waals surface area contributed by atoms with Gasteiger partial charge in [0.05, 0.1) is 23.3 Å². The molecule has 637 valence electrons. The number of para-hydroxylation sites is 11. The second kappa shape index (κ2) is 42.4. The number of nitrogens with zero attached hydrogens (tertiary/aromatic N) is 14. The molecular formula is C106H88Ir5N14-10. The Bertz CT molecular complexity index is 5690. The van der Waals surface area contributed by atoms with Crippen molar-refractivity contribution >= 4 is 114 Å². The van der Waals surface area contributed by atoms with Gasteiger partial charge in [-0.25, -0.2) is 19.9 Å². The fourth-order valence-electron chi connectivity index (χ4n) is 15.3. The van der Waals surface area contributed by atoms with Crippen molar-refractivity contribution in [3.8, 4) is 11.1 Å². The molecule has 0 unspecified atom stereocenters. The van der Waals surface area contributed by atoms with Crippen LogP contribution >= 0.6 is 0 Å². The number of anilines is 20. The maximum Gasteiger partial charge on any atom is 0.146 e. The summed E-state index contributed by atoms with van der Waals surface area (Å²) < 4.78 is 0. The van der Waals surface area contributed by atoms with Crippen LogP contribution in [0.1, 0.15) is 50.3 Å². The van der Waals surface area contributed by atoms with Crippen molar-refractivity contribution in [2.24, 2.45) is 0 Å². The van der Waals surface area contributed by atoms with E-state index in [9.17, 15) is 0 Å². The van der Waals surface area contributed by atoms with E-state index in [-0.39, 0.29) is 101 Å². The van der Waals surface area contributed by atoms with Gasteiger partial charge in [0.15, 0.2) is 0 Å². The fourth-order valence-corrected chi connectivity index (χ4v) is 15.3. The Hall–Kier alpha value is -11.5. The molecule has 21 rings (SSSR count). The Morgan fingerprint density at radius 3 is 1.02 bits per heavy atom. The summed E-state index contributed by atoms with van der Waals surface area (Å²) in [6, 6.07) is 129. The van der Waals surface area contributed by atoms with Crippen LogP contribution < -0.4 is 49.0 Å². The van der Waals surface area contributed by atoms with Gasteiger partial charge >= 0.3 is 0 Å². The first kappa shape index (κ1) is 92.7. The number of fused-ring (bicyclic) bond motifs is 5. The van der Waals surface area contributed by atoms with E-state index in [2.05, 4.69) is 366 Å². The molecule has 0 atom stereocenters. The van der Waals surface area contributed by atoms with E-state index in [1.54, 1.807) is 6.20 Å². The van der Waals surface area contributed by atoms with Crippen LogP contribution in [0.2, 0.25) is 0 Å². The largest absolute Gasteiger partial charge is 0.493 e. The Morgan fingerprint density at radius 2 is 0.544 bits per heavy atom. The molecule has 0 N–H and O–H groups in total. The molecule has 13 aromatic carbocycles. The number of rotatable bonds is 11. The molecule has 16 aromatic rings. The molecule has 0 spiro atoms. The molecule has 5 aliphatic heterocycles. The summed E-state index contributed by atoms with van der Waals surface area (Å²) in [4.78, 5) is 40.3. The van der Waals surface area contributed by atoms with E-state index in [0.717, 1.165) is 97.1 Å². The first-order chi connectivity index (χ1) is 58.8. The van der Waals surface area contributed by atoms with Gasteiger partial charge in [0, 0.05) is 164 Å². The molecule has 0 saturated heterocycles. The van der Waals surface area contributed by atoms with Crippen molar-refractivity contribution in [1.82, 2.24) is 19.9 Å². The number of pyridine rings is 2. The van der Waals surface area contributed by atoms with Gasteiger partial charge in [-0.1, -0.05) is 127 Å². The van der Waals surface area contributed by atoms with Crippen molar-refractivity contribution in [3.05, 3.63) is 454 Å². The SMILES string of the molecule is Cc1cc(-c2ccccc2)ccc1N1[CH-]N(c2[c-]cccc2)c2ccccc21.Cc1ccc2c(c1)N(c1ccccc1C)[CH-]N2c1[c-]cccc1.Cc1ccc2c(n1)N(c1ccccc1C)[CH-]N2c1[c-]cccc1.Cc1cnc2c(c1)N(c1ccccc1C)[CH-]N2c1[c-]cccc1.Cc1cnc2c(n1)N(c1ccccc1C)[CH-]N2c1[c-]cccc1.[Ir].[Ir].[Ir].[Ir].[Ir]. The third kappa shape index (κ3) is 20.2. The summed E-state index contributed by atoms with van der Waals surface area (Å²) in [6.07, 6.45) is 3.70. The third-order valence-corrected chi connectivity index (χ3v) is 21.3. The van der Waals surface area contributed by atoms with Gasteiger partial charge in [0.1, 0.15) is 23.3 Å². The standard InChI is InChI=1S/C26H20N2.C21H18N2.2C20H17N3.C19H16N4.5Ir/c1-20-18-22(21-10-4-2-5-11-21)16-17-24(20)28-19-27(23-12-6-3-7-13-23)25-14-8-9-15-26(25)28;1-16-12-13-20-21(14-16)23(19-11-7-6-8-17(19)2)15-22(20)18-9-4-3-5-10-18;1-15-12-19-20(21-13-15)22(17-9-4-3-5-10-17)14-23(19)18-11-7-6-8-16(18)2;1-15-8-6-7-11-18(15)23-14-22(17-9-4-3-5-10-17)19-13-12-16(2)21-20(19)23;1-14-8-6-7-11-17(14)23-13-22(16-9-4-3-5-10-16)18-19(23)21-15(2)12-20-18;;;;;/h2-12,14-19H,1H3;3-9,11-15H,1-2H3;2*3-9,11-14H,1-2H3;3-9,11-13H,1-2H3;;;;;/q5*-2;;;;;. The van der Waals surface area contributed by atoms with Crippen LogP contribution in [0.5, 0.6) is 0 Å². The van der Waals surface area contributed by atoms with Gasteiger partial charge in [0.2, 0.25) is 0 Å². The monoisotopic (exact) mass is 2520 g/mol. The fraction of sp³-hybridized carbons (Fsp3) is 0.0849. The van der Waals surface area contributed by atoms with Gasteiger partial charge in [0.25, 0.3) is 0 Å². The average Bonchev–Trinajstić information content (AvgIpc) is 1.65. The summed E-state index contributed by atoms with van der Waals surface area (Å²) in [5, 5.41) is 0. The zero-order valence-electron chi connectivity index (χ0n) is 70.1. The number of hydrogen-bond donors (Lipinski definition) is 0. The van der Waals surface area contributed by atoms with Gasteiger partial charge in [-0.05, 0) is 191 Å². The van der Waals surface area contributed by atoms with Gasteiger partial charge in [-0.3, -0.25) is 0 Å². The minimum absolute atomic E-state index is 0. The molecule has 0 aliphatic carbocycles. The van der Waals surface area contributed by atoms with Gasteiger partial charge < -0.3 is 49.0 Å². The van der Waals surface area contributed by atoms with Crippen LogP contribution in [0.15, 0.2) is 340 Å². The van der Waals surface area contributed by atoms with Gasteiger partial charge in [-0.2, -0.15) is 152 Å². The Morgan fingerprint density at radius 1 is 0.208 bits per heavy atom. The maximum atomic E-state index is 4.77. The van der Waals surface area contributed by atoms with Crippen LogP contribution in [-0.2, 0) is 101 Å². The van der Waals surface area contributed by atoms with Crippen LogP contribution in [-0.4, -0.2) is 19.9 Å². The van der Waals surface area contributed by atoms with Crippen molar-refractivity contribution in [2.75, 3.05) is 49.0 Å².